The van der Waals surface area contributed by atoms with Crippen LogP contribution in [0, 0.1) is 5.92 Å². The second-order valence-electron chi connectivity index (χ2n) is 5.61. The number of alkyl carbamates (subject to hydrolysis) is 1. The lowest BCUT2D eigenvalue weighted by Gasteiger charge is -2.19. The number of hydrogen-bond donors (Lipinski definition) is 1. The largest absolute Gasteiger partial charge is 0.467 e. The minimum Gasteiger partial charge on any atom is -0.467 e. The smallest absolute Gasteiger partial charge is 0.407 e. The summed E-state index contributed by atoms with van der Waals surface area (Å²) in [6, 6.07) is -0.704. The Kier molecular flexibility index (Phi) is 7.31. The number of methoxy groups -OCH3 is 1. The summed E-state index contributed by atoms with van der Waals surface area (Å²) in [6.07, 6.45) is -0.0651. The van der Waals surface area contributed by atoms with Gasteiger partial charge in [-0.2, -0.15) is 0 Å². The van der Waals surface area contributed by atoms with Gasteiger partial charge in [0.05, 0.1) is 24.4 Å². The summed E-state index contributed by atoms with van der Waals surface area (Å²) in [5.41, 5.74) is 0.912. The van der Waals surface area contributed by atoms with Crippen molar-refractivity contribution in [1.82, 2.24) is 10.3 Å². The maximum absolute atomic E-state index is 11.7. The van der Waals surface area contributed by atoms with Gasteiger partial charge in [-0.3, -0.25) is 0 Å². The van der Waals surface area contributed by atoms with Crippen molar-refractivity contribution in [3.63, 3.8) is 0 Å². The van der Waals surface area contributed by atoms with Crippen LogP contribution < -0.4 is 5.32 Å². The second kappa shape index (κ2) is 8.73. The van der Waals surface area contributed by atoms with Crippen molar-refractivity contribution in [2.45, 2.75) is 46.1 Å². The number of nitrogens with zero attached hydrogens (tertiary/aromatic N) is 1. The first kappa shape index (κ1) is 18.4. The Bertz CT molecular complexity index is 499. The van der Waals surface area contributed by atoms with Crippen LogP contribution in [0.25, 0.3) is 0 Å². The van der Waals surface area contributed by atoms with Crippen molar-refractivity contribution < 1.29 is 19.1 Å². The van der Waals surface area contributed by atoms with E-state index in [2.05, 4.69) is 28.9 Å². The summed E-state index contributed by atoms with van der Waals surface area (Å²) in [6.45, 7) is 8.05. The molecule has 0 saturated carbocycles. The first-order chi connectivity index (χ1) is 10.3. The molecule has 0 aromatic carbocycles. The zero-order valence-corrected chi connectivity index (χ0v) is 14.5. The number of ether oxygens (including phenoxy) is 2. The van der Waals surface area contributed by atoms with Gasteiger partial charge in [-0.05, 0) is 5.92 Å². The summed E-state index contributed by atoms with van der Waals surface area (Å²) in [4.78, 5) is 27.7. The zero-order valence-electron chi connectivity index (χ0n) is 13.7. The summed E-state index contributed by atoms with van der Waals surface area (Å²) >= 11 is 1.61. The molecule has 22 heavy (non-hydrogen) atoms. The average Bonchev–Trinajstić information content (AvgIpc) is 2.92. The van der Waals surface area contributed by atoms with Crippen molar-refractivity contribution in [3.05, 3.63) is 16.1 Å². The molecule has 7 heteroatoms. The number of carbonyl (C=O) groups is 2. The van der Waals surface area contributed by atoms with E-state index in [-0.39, 0.29) is 12.5 Å². The van der Waals surface area contributed by atoms with Crippen molar-refractivity contribution in [2.75, 3.05) is 13.7 Å². The molecule has 0 aliphatic carbocycles. The fraction of sp³-hybridized carbons (Fsp3) is 0.667. The van der Waals surface area contributed by atoms with Gasteiger partial charge in [0.2, 0.25) is 0 Å². The van der Waals surface area contributed by atoms with E-state index in [4.69, 9.17) is 4.74 Å². The summed E-state index contributed by atoms with van der Waals surface area (Å²) in [5.74, 6) is -0.157. The predicted octanol–water partition coefficient (Wildman–Crippen LogP) is 2.73. The van der Waals surface area contributed by atoms with Crippen LogP contribution in [0.4, 0.5) is 4.79 Å². The topological polar surface area (TPSA) is 77.5 Å². The molecule has 0 fully saturated rings. The Hall–Kier alpha value is -1.63. The molecule has 1 heterocycles. The van der Waals surface area contributed by atoms with Crippen molar-refractivity contribution >= 4 is 23.4 Å². The molecular formula is C15H24N2O4S. The highest BCUT2D eigenvalue weighted by Gasteiger charge is 2.25. The van der Waals surface area contributed by atoms with E-state index in [0.29, 0.717) is 12.3 Å². The number of carbonyl (C=O) groups excluding carboxylic acids is 2. The fourth-order valence-corrected chi connectivity index (χ4v) is 2.61. The van der Waals surface area contributed by atoms with E-state index in [1.165, 1.54) is 7.11 Å². The summed E-state index contributed by atoms with van der Waals surface area (Å²) < 4.78 is 9.75. The van der Waals surface area contributed by atoms with E-state index in [9.17, 15) is 9.59 Å². The van der Waals surface area contributed by atoms with E-state index >= 15 is 0 Å². The number of nitrogens with one attached hydrogen (secondary N) is 1. The maximum Gasteiger partial charge on any atom is 0.407 e. The number of rotatable bonds is 7. The van der Waals surface area contributed by atoms with Gasteiger partial charge in [-0.1, -0.05) is 27.7 Å². The van der Waals surface area contributed by atoms with Gasteiger partial charge < -0.3 is 14.8 Å². The standard InChI is InChI=1S/C15H24N2O4S/c1-9(2)12(14(18)20-5)17-15(19)21-7-6-11-8-22-13(16-11)10(3)4/h8-10,12H,6-7H2,1-5H3,(H,17,19). The van der Waals surface area contributed by atoms with Crippen molar-refractivity contribution in [3.8, 4) is 0 Å². The van der Waals surface area contributed by atoms with Crippen LogP contribution in [0.3, 0.4) is 0 Å². The van der Waals surface area contributed by atoms with Crippen LogP contribution in [0.1, 0.15) is 44.3 Å². The van der Waals surface area contributed by atoms with E-state index < -0.39 is 18.1 Å². The van der Waals surface area contributed by atoms with Gasteiger partial charge in [0.15, 0.2) is 0 Å². The predicted molar refractivity (Wildman–Crippen MR) is 85.0 cm³/mol. The molecule has 1 rings (SSSR count). The molecule has 124 valence electrons. The zero-order chi connectivity index (χ0) is 16.7. The second-order valence-corrected chi connectivity index (χ2v) is 6.50. The first-order valence-electron chi connectivity index (χ1n) is 7.30. The molecule has 1 atom stereocenters. The lowest BCUT2D eigenvalue weighted by atomic mass is 10.1. The molecule has 1 amide bonds. The van der Waals surface area contributed by atoms with E-state index in [1.54, 1.807) is 11.3 Å². The minimum atomic E-state index is -0.704. The molecule has 1 N–H and O–H groups in total. The number of hydrogen-bond acceptors (Lipinski definition) is 6. The number of aromatic nitrogens is 1. The Labute approximate surface area is 135 Å². The lowest BCUT2D eigenvalue weighted by molar-refractivity contribution is -0.144. The molecule has 0 aliphatic heterocycles. The minimum absolute atomic E-state index is 0.0767. The molecule has 0 bridgehead atoms. The third-order valence-electron chi connectivity index (χ3n) is 3.05. The SMILES string of the molecule is COC(=O)C(NC(=O)OCCc1csc(C(C)C)n1)C(C)C. The van der Waals surface area contributed by atoms with Crippen LogP contribution in [-0.4, -0.2) is 36.8 Å². The van der Waals surface area contributed by atoms with Crippen molar-refractivity contribution in [1.29, 1.82) is 0 Å². The Morgan fingerprint density at radius 3 is 2.50 bits per heavy atom. The molecule has 1 aromatic rings. The van der Waals surface area contributed by atoms with E-state index in [1.807, 2.05) is 19.2 Å². The van der Waals surface area contributed by atoms with Crippen LogP contribution in [-0.2, 0) is 20.7 Å². The maximum atomic E-state index is 11.7. The molecule has 0 spiro atoms. The van der Waals surface area contributed by atoms with Gasteiger partial charge in [-0.15, -0.1) is 11.3 Å². The highest BCUT2D eigenvalue weighted by Crippen LogP contribution is 2.19. The van der Waals surface area contributed by atoms with Gasteiger partial charge in [-0.25, -0.2) is 14.6 Å². The Balaban J connectivity index is 2.40. The van der Waals surface area contributed by atoms with Gasteiger partial charge in [0.25, 0.3) is 0 Å². The Morgan fingerprint density at radius 2 is 2.00 bits per heavy atom. The van der Waals surface area contributed by atoms with Crippen LogP contribution >= 0.6 is 11.3 Å². The molecule has 1 unspecified atom stereocenters. The number of amides is 1. The quantitative estimate of drug-likeness (QED) is 0.779. The molecule has 0 radical (unpaired) electrons. The van der Waals surface area contributed by atoms with Gasteiger partial charge >= 0.3 is 12.1 Å². The third-order valence-corrected chi connectivity index (χ3v) is 4.24. The van der Waals surface area contributed by atoms with Crippen molar-refractivity contribution in [2.24, 2.45) is 5.92 Å². The average molecular weight is 328 g/mol. The van der Waals surface area contributed by atoms with Crippen LogP contribution in [0.15, 0.2) is 5.38 Å². The highest BCUT2D eigenvalue weighted by atomic mass is 32.1. The van der Waals surface area contributed by atoms with Gasteiger partial charge in [0, 0.05) is 17.7 Å². The summed E-state index contributed by atoms with van der Waals surface area (Å²) in [5, 5.41) is 5.57. The molecule has 0 saturated heterocycles. The highest BCUT2D eigenvalue weighted by molar-refractivity contribution is 7.09. The van der Waals surface area contributed by atoms with Crippen LogP contribution in [0.5, 0.6) is 0 Å². The lowest BCUT2D eigenvalue weighted by Crippen LogP contribution is -2.45. The fourth-order valence-electron chi connectivity index (χ4n) is 1.74. The molecule has 0 aliphatic rings. The van der Waals surface area contributed by atoms with Gasteiger partial charge in [0.1, 0.15) is 6.04 Å². The normalized spacial score (nSPS) is 12.3. The Morgan fingerprint density at radius 1 is 1.32 bits per heavy atom. The molecule has 6 nitrogen and oxygen atoms in total. The van der Waals surface area contributed by atoms with Crippen LogP contribution in [0.2, 0.25) is 0 Å². The third kappa shape index (κ3) is 5.63. The number of thiazole rings is 1. The molecule has 1 aromatic heterocycles. The molecular weight excluding hydrogens is 304 g/mol. The number of esters is 1. The van der Waals surface area contributed by atoms with E-state index in [0.717, 1.165) is 10.7 Å². The summed E-state index contributed by atoms with van der Waals surface area (Å²) in [7, 11) is 1.29. The monoisotopic (exact) mass is 328 g/mol. The first-order valence-corrected chi connectivity index (χ1v) is 8.18.